The quantitative estimate of drug-likeness (QED) is 0.709. The summed E-state index contributed by atoms with van der Waals surface area (Å²) in [6, 6.07) is 5.70. The molecule has 0 fully saturated rings. The van der Waals surface area contributed by atoms with Crippen molar-refractivity contribution in [2.45, 2.75) is 30.5 Å². The summed E-state index contributed by atoms with van der Waals surface area (Å²) in [5.74, 6) is 0.645. The number of nitrogen functional groups attached to an aromatic ring is 1. The van der Waals surface area contributed by atoms with E-state index in [1.165, 1.54) is 11.3 Å². The summed E-state index contributed by atoms with van der Waals surface area (Å²) in [6.45, 7) is 2.67. The zero-order chi connectivity index (χ0) is 19.1. The molecule has 4 rings (SSSR count). The third-order valence-corrected chi connectivity index (χ3v) is 7.68. The smallest absolute Gasteiger partial charge is 0.254 e. The molecule has 8 heteroatoms. The summed E-state index contributed by atoms with van der Waals surface area (Å²) in [5.41, 5.74) is 10.6. The van der Waals surface area contributed by atoms with E-state index < -0.39 is 10.8 Å². The van der Waals surface area contributed by atoms with E-state index in [1.54, 1.807) is 18.1 Å². The van der Waals surface area contributed by atoms with Crippen LogP contribution in [-0.4, -0.2) is 37.8 Å². The standard InChI is InChI=1S/C19H20N4O2S2/c1-3-4-7-27(25)19-15(20)16-17(26-19)21-9-14(22-16)11-5-6-13-12(8-11)10-23(2)18(13)24/h5-6,8-9H,3-4,7,10,20H2,1-2H3. The molecule has 0 bridgehead atoms. The number of carbonyl (C=O) groups is 1. The van der Waals surface area contributed by atoms with Gasteiger partial charge in [-0.05, 0) is 24.1 Å². The molecule has 0 saturated heterocycles. The van der Waals surface area contributed by atoms with Crippen LogP contribution in [0.15, 0.2) is 28.6 Å². The molecule has 1 aliphatic heterocycles. The van der Waals surface area contributed by atoms with E-state index >= 15 is 0 Å². The minimum Gasteiger partial charge on any atom is -0.395 e. The maximum atomic E-state index is 12.5. The Bertz CT molecular complexity index is 1080. The number of anilines is 1. The van der Waals surface area contributed by atoms with Crippen LogP contribution >= 0.6 is 11.3 Å². The molecule has 2 N–H and O–H groups in total. The second-order valence-electron chi connectivity index (χ2n) is 6.65. The summed E-state index contributed by atoms with van der Waals surface area (Å²) in [5, 5.41) is 0. The highest BCUT2D eigenvalue weighted by molar-refractivity contribution is 7.87. The molecule has 2 aromatic heterocycles. The average molecular weight is 401 g/mol. The number of aromatic nitrogens is 2. The third kappa shape index (κ3) is 3.12. The van der Waals surface area contributed by atoms with Gasteiger partial charge in [-0.3, -0.25) is 9.00 Å². The van der Waals surface area contributed by atoms with Gasteiger partial charge >= 0.3 is 0 Å². The number of hydrogen-bond acceptors (Lipinski definition) is 6. The first-order valence-corrected chi connectivity index (χ1v) is 10.9. The van der Waals surface area contributed by atoms with E-state index in [2.05, 4.69) is 16.9 Å². The zero-order valence-electron chi connectivity index (χ0n) is 15.2. The molecule has 1 atom stereocenters. The Hall–Kier alpha value is -2.32. The number of unbranched alkanes of at least 4 members (excludes halogenated alkanes) is 1. The van der Waals surface area contributed by atoms with Gasteiger partial charge < -0.3 is 10.6 Å². The number of thiophene rings is 1. The maximum Gasteiger partial charge on any atom is 0.254 e. The van der Waals surface area contributed by atoms with Gasteiger partial charge in [0, 0.05) is 30.5 Å². The highest BCUT2D eigenvalue weighted by atomic mass is 32.2. The number of amides is 1. The average Bonchev–Trinajstić information content (AvgIpc) is 3.16. The van der Waals surface area contributed by atoms with Crippen molar-refractivity contribution in [2.24, 2.45) is 0 Å². The van der Waals surface area contributed by atoms with Crippen LogP contribution in [0.5, 0.6) is 0 Å². The van der Waals surface area contributed by atoms with Gasteiger partial charge in [-0.15, -0.1) is 11.3 Å². The second kappa shape index (κ2) is 7.01. The second-order valence-corrected chi connectivity index (χ2v) is 9.41. The molecule has 1 aromatic carbocycles. The first-order chi connectivity index (χ1) is 13.0. The van der Waals surface area contributed by atoms with Gasteiger partial charge in [-0.2, -0.15) is 0 Å². The number of carbonyl (C=O) groups excluding carboxylic acids is 1. The molecule has 1 aliphatic rings. The van der Waals surface area contributed by atoms with Crippen molar-refractivity contribution in [2.75, 3.05) is 18.5 Å². The molecule has 3 aromatic rings. The van der Waals surface area contributed by atoms with Crippen LogP contribution in [0, 0.1) is 0 Å². The Morgan fingerprint density at radius 2 is 2.19 bits per heavy atom. The van der Waals surface area contributed by atoms with E-state index in [0.717, 1.165) is 29.5 Å². The molecular formula is C19H20N4O2S2. The summed E-state index contributed by atoms with van der Waals surface area (Å²) < 4.78 is 13.2. The van der Waals surface area contributed by atoms with Crippen molar-refractivity contribution < 1.29 is 9.00 Å². The summed E-state index contributed by atoms with van der Waals surface area (Å²) in [6.07, 6.45) is 3.60. The number of rotatable bonds is 5. The van der Waals surface area contributed by atoms with Gasteiger partial charge in [0.2, 0.25) is 0 Å². The lowest BCUT2D eigenvalue weighted by molar-refractivity contribution is 0.0816. The largest absolute Gasteiger partial charge is 0.395 e. The molecule has 0 saturated carbocycles. The number of nitrogens with two attached hydrogens (primary N) is 1. The maximum absolute atomic E-state index is 12.5. The molecule has 6 nitrogen and oxygen atoms in total. The van der Waals surface area contributed by atoms with E-state index in [1.807, 2.05) is 18.2 Å². The topological polar surface area (TPSA) is 89.2 Å². The Labute approximate surface area is 163 Å². The van der Waals surface area contributed by atoms with Gasteiger partial charge in [0.1, 0.15) is 14.6 Å². The molecule has 0 spiro atoms. The van der Waals surface area contributed by atoms with E-state index in [4.69, 9.17) is 5.73 Å². The number of hydrogen-bond donors (Lipinski definition) is 1. The number of fused-ring (bicyclic) bond motifs is 2. The minimum atomic E-state index is -1.12. The molecule has 0 radical (unpaired) electrons. The summed E-state index contributed by atoms with van der Waals surface area (Å²) in [4.78, 5) is 23.6. The van der Waals surface area contributed by atoms with Crippen LogP contribution < -0.4 is 5.73 Å². The van der Waals surface area contributed by atoms with Gasteiger partial charge in [-0.25, -0.2) is 9.97 Å². The van der Waals surface area contributed by atoms with E-state index in [-0.39, 0.29) is 5.91 Å². The monoisotopic (exact) mass is 400 g/mol. The summed E-state index contributed by atoms with van der Waals surface area (Å²) in [7, 11) is 0.676. The Kier molecular flexibility index (Phi) is 4.69. The molecule has 0 aliphatic carbocycles. The lowest BCUT2D eigenvalue weighted by atomic mass is 10.0. The minimum absolute atomic E-state index is 0.0411. The molecule has 3 heterocycles. The van der Waals surface area contributed by atoms with Gasteiger partial charge in [0.25, 0.3) is 5.91 Å². The molecule has 1 unspecified atom stereocenters. The Balaban J connectivity index is 1.72. The molecular weight excluding hydrogens is 380 g/mol. The van der Waals surface area contributed by atoms with Crippen LogP contribution in [0.25, 0.3) is 21.6 Å². The first kappa shape index (κ1) is 18.1. The van der Waals surface area contributed by atoms with Crippen LogP contribution in [0.1, 0.15) is 35.7 Å². The van der Waals surface area contributed by atoms with E-state index in [9.17, 15) is 9.00 Å². The van der Waals surface area contributed by atoms with Gasteiger partial charge in [0.05, 0.1) is 28.4 Å². The number of nitrogens with zero attached hydrogens (tertiary/aromatic N) is 3. The van der Waals surface area contributed by atoms with Gasteiger partial charge in [0.15, 0.2) is 0 Å². The Morgan fingerprint density at radius 3 is 2.96 bits per heavy atom. The fraction of sp³-hybridized carbons (Fsp3) is 0.316. The van der Waals surface area contributed by atoms with Crippen molar-refractivity contribution >= 4 is 44.1 Å². The molecule has 27 heavy (non-hydrogen) atoms. The first-order valence-electron chi connectivity index (χ1n) is 8.81. The van der Waals surface area contributed by atoms with Crippen LogP contribution in [0.2, 0.25) is 0 Å². The summed E-state index contributed by atoms with van der Waals surface area (Å²) >= 11 is 1.36. The zero-order valence-corrected chi connectivity index (χ0v) is 16.8. The van der Waals surface area contributed by atoms with Crippen LogP contribution in [-0.2, 0) is 17.3 Å². The van der Waals surface area contributed by atoms with Crippen molar-refractivity contribution in [3.63, 3.8) is 0 Å². The molecule has 1 amide bonds. The fourth-order valence-electron chi connectivity index (χ4n) is 3.17. The highest BCUT2D eigenvalue weighted by Crippen LogP contribution is 2.35. The van der Waals surface area contributed by atoms with Crippen molar-refractivity contribution in [3.8, 4) is 11.3 Å². The third-order valence-electron chi connectivity index (χ3n) is 4.68. The highest BCUT2D eigenvalue weighted by Gasteiger charge is 2.25. The predicted octanol–water partition coefficient (Wildman–Crippen LogP) is 3.43. The predicted molar refractivity (Wildman–Crippen MR) is 109 cm³/mol. The lowest BCUT2D eigenvalue weighted by Crippen LogP contribution is -2.17. The fourth-order valence-corrected chi connectivity index (χ4v) is 5.85. The molecule has 140 valence electrons. The van der Waals surface area contributed by atoms with Crippen molar-refractivity contribution in [1.82, 2.24) is 14.9 Å². The van der Waals surface area contributed by atoms with Crippen LogP contribution in [0.3, 0.4) is 0 Å². The normalized spacial score (nSPS) is 14.7. The van der Waals surface area contributed by atoms with Crippen LogP contribution in [0.4, 0.5) is 5.69 Å². The lowest BCUT2D eigenvalue weighted by Gasteiger charge is -2.04. The van der Waals surface area contributed by atoms with Gasteiger partial charge in [-0.1, -0.05) is 19.4 Å². The van der Waals surface area contributed by atoms with E-state index in [0.29, 0.717) is 38.2 Å². The Morgan fingerprint density at radius 1 is 1.37 bits per heavy atom. The number of benzene rings is 1. The SMILES string of the molecule is CCCCS(=O)c1sc2ncc(-c3ccc4c(c3)CN(C)C4=O)nc2c1N. The van der Waals surface area contributed by atoms with Crippen molar-refractivity contribution in [3.05, 3.63) is 35.5 Å². The van der Waals surface area contributed by atoms with Crippen molar-refractivity contribution in [1.29, 1.82) is 0 Å².